The highest BCUT2D eigenvalue weighted by Gasteiger charge is 2.17. The molecule has 3 N–H and O–H groups in total. The lowest BCUT2D eigenvalue weighted by molar-refractivity contribution is 0.251. The molecule has 1 rings (SSSR count). The number of nitrogens with zero attached hydrogens (tertiary/aromatic N) is 2. The maximum atomic E-state index is 12.1. The van der Waals surface area contributed by atoms with Gasteiger partial charge < -0.3 is 5.73 Å². The average molecular weight is 299 g/mol. The van der Waals surface area contributed by atoms with Crippen LogP contribution in [0.1, 0.15) is 25.0 Å². The zero-order valence-electron chi connectivity index (χ0n) is 12.4. The fourth-order valence-electron chi connectivity index (χ4n) is 2.00. The molecule has 0 unspecified atom stereocenters. The summed E-state index contributed by atoms with van der Waals surface area (Å²) >= 11 is 0. The number of para-hydroxylation sites is 1. The topological polar surface area (TPSA) is 70.7 Å². The molecule has 0 saturated carbocycles. The molecule has 2 amide bonds. The molecule has 20 heavy (non-hydrogen) atoms. The first-order valence-electron chi connectivity index (χ1n) is 6.42. The van der Waals surface area contributed by atoms with Gasteiger partial charge >= 0.3 is 6.03 Å². The Morgan fingerprint density at radius 1 is 1.30 bits per heavy atom. The Kier molecular flexibility index (Phi) is 7.69. The van der Waals surface area contributed by atoms with Crippen LogP contribution in [0.15, 0.2) is 23.2 Å². The summed E-state index contributed by atoms with van der Waals surface area (Å²) in [6.07, 6.45) is 1.75. The van der Waals surface area contributed by atoms with Crippen molar-refractivity contribution < 1.29 is 4.79 Å². The van der Waals surface area contributed by atoms with Crippen molar-refractivity contribution in [1.82, 2.24) is 5.32 Å². The van der Waals surface area contributed by atoms with E-state index in [0.29, 0.717) is 0 Å². The molecular formula is C14H23ClN4O. The summed E-state index contributed by atoms with van der Waals surface area (Å²) in [6.45, 7) is 4.15. The van der Waals surface area contributed by atoms with Crippen molar-refractivity contribution in [3.05, 3.63) is 29.3 Å². The number of anilines is 1. The van der Waals surface area contributed by atoms with Crippen molar-refractivity contribution in [3.8, 4) is 0 Å². The predicted octanol–water partition coefficient (Wildman–Crippen LogP) is 2.32. The molecule has 1 aromatic rings. The largest absolute Gasteiger partial charge is 0.370 e. The first-order chi connectivity index (χ1) is 9.04. The molecule has 5 nitrogen and oxygen atoms in total. The van der Waals surface area contributed by atoms with Crippen LogP contribution in [0.3, 0.4) is 0 Å². The molecule has 0 aliphatic heterocycles. The minimum absolute atomic E-state index is 0. The second-order valence-electron chi connectivity index (χ2n) is 4.23. The molecule has 0 spiro atoms. The van der Waals surface area contributed by atoms with Crippen molar-refractivity contribution in [2.45, 2.75) is 26.7 Å². The number of carbonyl (C=O) groups excluding carboxylic acids is 1. The van der Waals surface area contributed by atoms with E-state index >= 15 is 0 Å². The van der Waals surface area contributed by atoms with Gasteiger partial charge in [0.15, 0.2) is 5.96 Å². The van der Waals surface area contributed by atoms with E-state index in [0.717, 1.165) is 29.7 Å². The number of nitrogens with one attached hydrogen (secondary N) is 1. The summed E-state index contributed by atoms with van der Waals surface area (Å²) in [4.78, 5) is 17.4. The fourth-order valence-corrected chi connectivity index (χ4v) is 2.00. The van der Waals surface area contributed by atoms with Gasteiger partial charge in [0.2, 0.25) is 0 Å². The molecule has 0 radical (unpaired) electrons. The van der Waals surface area contributed by atoms with E-state index in [9.17, 15) is 4.79 Å². The highest BCUT2D eigenvalue weighted by atomic mass is 35.5. The average Bonchev–Trinajstić information content (AvgIpc) is 2.44. The standard InChI is InChI=1S/C14H22N4O.ClH/c1-5-10-8-7-9-11(6-2)12(10)18(4)14(19)17-13(15)16-3;/h7-9H,5-6H2,1-4H3,(H3,15,16,17,19);1H. The van der Waals surface area contributed by atoms with Crippen molar-refractivity contribution in [1.29, 1.82) is 0 Å². The summed E-state index contributed by atoms with van der Waals surface area (Å²) in [5.41, 5.74) is 8.76. The smallest absolute Gasteiger partial charge is 0.328 e. The summed E-state index contributed by atoms with van der Waals surface area (Å²) in [7, 11) is 3.28. The van der Waals surface area contributed by atoms with Gasteiger partial charge in [0.1, 0.15) is 0 Å². The van der Waals surface area contributed by atoms with Gasteiger partial charge in [-0.2, -0.15) is 0 Å². The summed E-state index contributed by atoms with van der Waals surface area (Å²) in [5, 5.41) is 2.55. The van der Waals surface area contributed by atoms with Crippen molar-refractivity contribution in [2.24, 2.45) is 10.7 Å². The number of benzene rings is 1. The molecule has 0 heterocycles. The van der Waals surface area contributed by atoms with Gasteiger partial charge in [0, 0.05) is 14.1 Å². The first kappa shape index (κ1) is 18.2. The summed E-state index contributed by atoms with van der Waals surface area (Å²) in [5.74, 6) is 0.115. The monoisotopic (exact) mass is 298 g/mol. The number of rotatable bonds is 3. The SMILES string of the molecule is CCc1cccc(CC)c1N(C)C(=O)NC(N)=NC.Cl. The molecule has 1 aromatic carbocycles. The van der Waals surface area contributed by atoms with Crippen LogP contribution in [-0.2, 0) is 12.8 Å². The molecule has 6 heteroatoms. The molecular weight excluding hydrogens is 276 g/mol. The van der Waals surface area contributed by atoms with Gasteiger partial charge in [-0.05, 0) is 24.0 Å². The van der Waals surface area contributed by atoms with Crippen LogP contribution in [0, 0.1) is 0 Å². The van der Waals surface area contributed by atoms with Gasteiger partial charge in [-0.3, -0.25) is 15.2 Å². The van der Waals surface area contributed by atoms with E-state index in [-0.39, 0.29) is 24.4 Å². The molecule has 0 aliphatic carbocycles. The van der Waals surface area contributed by atoms with Crippen LogP contribution in [0.2, 0.25) is 0 Å². The van der Waals surface area contributed by atoms with E-state index in [2.05, 4.69) is 24.2 Å². The lowest BCUT2D eigenvalue weighted by Crippen LogP contribution is -2.44. The number of hydrogen-bond donors (Lipinski definition) is 2. The van der Waals surface area contributed by atoms with Gasteiger partial charge in [-0.1, -0.05) is 32.0 Å². The minimum atomic E-state index is -0.279. The third kappa shape index (κ3) is 4.13. The van der Waals surface area contributed by atoms with E-state index in [1.165, 1.54) is 7.05 Å². The number of aliphatic imine (C=N–C) groups is 1. The molecule has 0 fully saturated rings. The van der Waals surface area contributed by atoms with E-state index in [4.69, 9.17) is 5.73 Å². The number of hydrogen-bond acceptors (Lipinski definition) is 2. The summed E-state index contributed by atoms with van der Waals surface area (Å²) < 4.78 is 0. The number of urea groups is 1. The van der Waals surface area contributed by atoms with Gasteiger partial charge in [0.05, 0.1) is 5.69 Å². The van der Waals surface area contributed by atoms with Gasteiger partial charge in [0.25, 0.3) is 0 Å². The van der Waals surface area contributed by atoms with Crippen LogP contribution >= 0.6 is 12.4 Å². The Hall–Kier alpha value is -1.75. The highest BCUT2D eigenvalue weighted by Crippen LogP contribution is 2.26. The number of halogens is 1. The Labute approximate surface area is 126 Å². The molecule has 112 valence electrons. The number of carbonyl (C=O) groups is 1. The quantitative estimate of drug-likeness (QED) is 0.664. The van der Waals surface area contributed by atoms with Crippen LogP contribution in [-0.4, -0.2) is 26.1 Å². The van der Waals surface area contributed by atoms with Crippen LogP contribution in [0.4, 0.5) is 10.5 Å². The van der Waals surface area contributed by atoms with Crippen molar-refractivity contribution in [2.75, 3.05) is 19.0 Å². The molecule has 0 aliphatic rings. The zero-order chi connectivity index (χ0) is 14.4. The lowest BCUT2D eigenvalue weighted by Gasteiger charge is -2.23. The maximum absolute atomic E-state index is 12.1. The fraction of sp³-hybridized carbons (Fsp3) is 0.429. The van der Waals surface area contributed by atoms with Crippen molar-refractivity contribution >= 4 is 30.1 Å². The third-order valence-electron chi connectivity index (χ3n) is 3.08. The van der Waals surface area contributed by atoms with Gasteiger partial charge in [-0.15, -0.1) is 12.4 Å². The van der Waals surface area contributed by atoms with Crippen molar-refractivity contribution in [3.63, 3.8) is 0 Å². The Balaban J connectivity index is 0.00000361. The second kappa shape index (κ2) is 8.43. The number of nitrogens with two attached hydrogens (primary N) is 1. The zero-order valence-corrected chi connectivity index (χ0v) is 13.3. The minimum Gasteiger partial charge on any atom is -0.370 e. The molecule has 0 bridgehead atoms. The molecule has 0 atom stereocenters. The van der Waals surface area contributed by atoms with Crippen LogP contribution in [0.25, 0.3) is 0 Å². The van der Waals surface area contributed by atoms with Crippen LogP contribution < -0.4 is 16.0 Å². The van der Waals surface area contributed by atoms with E-state index in [1.807, 2.05) is 18.2 Å². The Morgan fingerprint density at radius 2 is 1.80 bits per heavy atom. The lowest BCUT2D eigenvalue weighted by atomic mass is 10.0. The Morgan fingerprint density at radius 3 is 2.20 bits per heavy atom. The summed E-state index contributed by atoms with van der Waals surface area (Å²) in [6, 6.07) is 5.82. The second-order valence-corrected chi connectivity index (χ2v) is 4.23. The molecule has 0 aromatic heterocycles. The maximum Gasteiger partial charge on any atom is 0.328 e. The highest BCUT2D eigenvalue weighted by molar-refractivity contribution is 6.03. The Bertz CT molecular complexity index is 466. The molecule has 0 saturated heterocycles. The van der Waals surface area contributed by atoms with E-state index in [1.54, 1.807) is 11.9 Å². The van der Waals surface area contributed by atoms with Gasteiger partial charge in [-0.25, -0.2) is 4.79 Å². The van der Waals surface area contributed by atoms with E-state index < -0.39 is 0 Å². The number of amides is 2. The normalized spacial score (nSPS) is 10.7. The first-order valence-corrected chi connectivity index (χ1v) is 6.42. The number of guanidine groups is 1. The third-order valence-corrected chi connectivity index (χ3v) is 3.08. The predicted molar refractivity (Wildman–Crippen MR) is 86.9 cm³/mol. The van der Waals surface area contributed by atoms with Crippen LogP contribution in [0.5, 0.6) is 0 Å². The number of aryl methyl sites for hydroxylation is 2.